The number of hydrogen-bond donors (Lipinski definition) is 3. The summed E-state index contributed by atoms with van der Waals surface area (Å²) in [6.07, 6.45) is 0.829. The Morgan fingerprint density at radius 3 is 2.37 bits per heavy atom. The molecule has 0 radical (unpaired) electrons. The van der Waals surface area contributed by atoms with Crippen molar-refractivity contribution in [3.63, 3.8) is 0 Å². The van der Waals surface area contributed by atoms with Crippen molar-refractivity contribution in [2.45, 2.75) is 31.2 Å². The molecule has 6 rings (SSSR count). The predicted molar refractivity (Wildman–Crippen MR) is 122 cm³/mol. The SMILES string of the molecule is O=C(Nc1nonc1C(=O)NC1CC2CC2(C(=O)O)C1)OCC1c2ccccc2-c2ccccc21. The number of aliphatic carboxylic acids is 1. The number of carbonyl (C=O) groups excluding carboxylic acids is 2. The number of nitrogens with zero attached hydrogens (tertiary/aromatic N) is 2. The zero-order valence-corrected chi connectivity index (χ0v) is 18.6. The van der Waals surface area contributed by atoms with Crippen LogP contribution in [-0.4, -0.2) is 46.0 Å². The highest BCUT2D eigenvalue weighted by atomic mass is 16.6. The molecule has 35 heavy (non-hydrogen) atoms. The van der Waals surface area contributed by atoms with Crippen LogP contribution in [0.2, 0.25) is 0 Å². The minimum absolute atomic E-state index is 0.0826. The van der Waals surface area contributed by atoms with Crippen LogP contribution >= 0.6 is 0 Å². The molecule has 1 aromatic heterocycles. The molecule has 10 heteroatoms. The smallest absolute Gasteiger partial charge is 0.412 e. The maximum atomic E-state index is 12.7. The van der Waals surface area contributed by atoms with Crippen molar-refractivity contribution < 1.29 is 28.9 Å². The van der Waals surface area contributed by atoms with Gasteiger partial charge < -0.3 is 15.2 Å². The zero-order chi connectivity index (χ0) is 24.2. The average Bonchev–Trinajstić information content (AvgIpc) is 3.17. The number of nitrogens with one attached hydrogen (secondary N) is 2. The Morgan fingerprint density at radius 1 is 1.03 bits per heavy atom. The standard InChI is InChI=1S/C25H22N4O6/c30-22(26-14-9-13-10-25(13,11-14)23(31)32)20-21(29-35-28-20)27-24(33)34-12-19-17-7-3-1-5-15(17)16-6-2-4-8-18(16)19/h1-8,13-14,19H,9-12H2,(H,26,30)(H,31,32)(H,27,29,33). The van der Waals surface area contributed by atoms with Crippen LogP contribution in [0.15, 0.2) is 53.2 Å². The Labute approximate surface area is 199 Å². The quantitative estimate of drug-likeness (QED) is 0.493. The molecule has 3 aliphatic rings. The number of fused-ring (bicyclic) bond motifs is 4. The summed E-state index contributed by atoms with van der Waals surface area (Å²) in [6, 6.07) is 15.7. The number of ether oxygens (including phenoxy) is 1. The van der Waals surface area contributed by atoms with Crippen molar-refractivity contribution in [2.24, 2.45) is 11.3 Å². The fourth-order valence-electron chi connectivity index (χ4n) is 5.67. The number of benzene rings is 2. The van der Waals surface area contributed by atoms with Crippen LogP contribution in [0.4, 0.5) is 10.6 Å². The van der Waals surface area contributed by atoms with Gasteiger partial charge in [-0.15, -0.1) is 0 Å². The molecule has 0 spiro atoms. The van der Waals surface area contributed by atoms with E-state index >= 15 is 0 Å². The van der Waals surface area contributed by atoms with Gasteiger partial charge in [-0.25, -0.2) is 9.42 Å². The maximum Gasteiger partial charge on any atom is 0.412 e. The van der Waals surface area contributed by atoms with Crippen molar-refractivity contribution in [3.8, 4) is 11.1 Å². The molecular formula is C25H22N4O6. The highest BCUT2D eigenvalue weighted by Crippen LogP contribution is 2.63. The first kappa shape index (κ1) is 21.3. The lowest BCUT2D eigenvalue weighted by Gasteiger charge is -2.15. The first-order valence-electron chi connectivity index (χ1n) is 11.4. The van der Waals surface area contributed by atoms with Crippen molar-refractivity contribution >= 4 is 23.8 Å². The third-order valence-corrected chi connectivity index (χ3v) is 7.44. The van der Waals surface area contributed by atoms with Crippen LogP contribution < -0.4 is 10.6 Å². The normalized spacial score (nSPS) is 23.7. The van der Waals surface area contributed by atoms with Crippen LogP contribution in [0.5, 0.6) is 0 Å². The van der Waals surface area contributed by atoms with Crippen molar-refractivity contribution in [2.75, 3.05) is 11.9 Å². The molecule has 2 saturated carbocycles. The van der Waals surface area contributed by atoms with Gasteiger partial charge in [-0.2, -0.15) is 0 Å². The van der Waals surface area contributed by atoms with E-state index in [0.717, 1.165) is 22.3 Å². The van der Waals surface area contributed by atoms with E-state index in [-0.39, 0.29) is 36.0 Å². The molecule has 2 fully saturated rings. The topological polar surface area (TPSA) is 144 Å². The number of carboxylic acids is 1. The lowest BCUT2D eigenvalue weighted by Crippen LogP contribution is -2.35. The molecule has 0 saturated heterocycles. The molecule has 0 aliphatic heterocycles. The molecule has 3 N–H and O–H groups in total. The van der Waals surface area contributed by atoms with Crippen molar-refractivity contribution in [1.82, 2.24) is 15.6 Å². The first-order valence-corrected chi connectivity index (χ1v) is 11.4. The summed E-state index contributed by atoms with van der Waals surface area (Å²) in [5.41, 5.74) is 3.49. The lowest BCUT2D eigenvalue weighted by molar-refractivity contribution is -0.143. The molecule has 0 bridgehead atoms. The maximum absolute atomic E-state index is 12.7. The second-order valence-electron chi connectivity index (χ2n) is 9.38. The summed E-state index contributed by atoms with van der Waals surface area (Å²) in [5, 5.41) is 21.8. The minimum atomic E-state index is -0.819. The highest BCUT2D eigenvalue weighted by Gasteiger charge is 2.65. The van der Waals surface area contributed by atoms with E-state index < -0.39 is 23.4 Å². The summed E-state index contributed by atoms with van der Waals surface area (Å²) in [4.78, 5) is 36.7. The number of rotatable bonds is 6. The molecule has 1 heterocycles. The molecule has 3 aliphatic carbocycles. The van der Waals surface area contributed by atoms with Gasteiger partial charge in [0.05, 0.1) is 5.41 Å². The van der Waals surface area contributed by atoms with E-state index in [0.29, 0.717) is 19.3 Å². The van der Waals surface area contributed by atoms with Gasteiger partial charge in [-0.1, -0.05) is 48.5 Å². The van der Waals surface area contributed by atoms with Gasteiger partial charge in [0, 0.05) is 12.0 Å². The van der Waals surface area contributed by atoms with Gasteiger partial charge in [0.15, 0.2) is 0 Å². The van der Waals surface area contributed by atoms with Crippen LogP contribution in [0, 0.1) is 11.3 Å². The molecule has 3 atom stereocenters. The number of carboxylic acid groups (broad SMARTS) is 1. The van der Waals surface area contributed by atoms with Crippen LogP contribution in [-0.2, 0) is 9.53 Å². The number of aromatic nitrogens is 2. The van der Waals surface area contributed by atoms with E-state index in [1.54, 1.807) is 0 Å². The van der Waals surface area contributed by atoms with Crippen LogP contribution in [0.1, 0.15) is 46.8 Å². The van der Waals surface area contributed by atoms with Crippen molar-refractivity contribution in [1.29, 1.82) is 0 Å². The Balaban J connectivity index is 1.09. The van der Waals surface area contributed by atoms with Crippen LogP contribution in [0.25, 0.3) is 11.1 Å². The minimum Gasteiger partial charge on any atom is -0.481 e. The third kappa shape index (κ3) is 3.52. The van der Waals surface area contributed by atoms with Gasteiger partial charge in [0.1, 0.15) is 6.61 Å². The van der Waals surface area contributed by atoms with E-state index in [4.69, 9.17) is 4.74 Å². The Bertz CT molecular complexity index is 1310. The second kappa shape index (κ2) is 7.93. The summed E-state index contributed by atoms with van der Waals surface area (Å²) in [5.74, 6) is -1.59. The predicted octanol–water partition coefficient (Wildman–Crippen LogP) is 3.41. The van der Waals surface area contributed by atoms with Crippen LogP contribution in [0.3, 0.4) is 0 Å². The van der Waals surface area contributed by atoms with Gasteiger partial charge >= 0.3 is 12.1 Å². The zero-order valence-electron chi connectivity index (χ0n) is 18.6. The fraction of sp³-hybridized carbons (Fsp3) is 0.320. The molecular weight excluding hydrogens is 452 g/mol. The third-order valence-electron chi connectivity index (χ3n) is 7.44. The largest absolute Gasteiger partial charge is 0.481 e. The number of amides is 2. The van der Waals surface area contributed by atoms with E-state index in [2.05, 4.69) is 25.6 Å². The monoisotopic (exact) mass is 474 g/mol. The van der Waals surface area contributed by atoms with E-state index in [9.17, 15) is 19.5 Å². The Morgan fingerprint density at radius 2 is 1.71 bits per heavy atom. The first-order chi connectivity index (χ1) is 17.0. The van der Waals surface area contributed by atoms with Gasteiger partial charge in [-0.05, 0) is 57.7 Å². The van der Waals surface area contributed by atoms with E-state index in [1.165, 1.54) is 0 Å². The Hall–Kier alpha value is -4.21. The average molecular weight is 474 g/mol. The summed E-state index contributed by atoms with van der Waals surface area (Å²) >= 11 is 0. The number of anilines is 1. The fourth-order valence-corrected chi connectivity index (χ4v) is 5.67. The van der Waals surface area contributed by atoms with Gasteiger partial charge in [0.2, 0.25) is 11.5 Å². The van der Waals surface area contributed by atoms with Crippen molar-refractivity contribution in [3.05, 3.63) is 65.4 Å². The summed E-state index contributed by atoms with van der Waals surface area (Å²) in [6.45, 7) is 0.105. The molecule has 2 amide bonds. The second-order valence-corrected chi connectivity index (χ2v) is 9.38. The molecule has 3 aromatic rings. The molecule has 2 aromatic carbocycles. The number of hydrogen-bond acceptors (Lipinski definition) is 7. The molecule has 3 unspecified atom stereocenters. The summed E-state index contributed by atoms with van der Waals surface area (Å²) in [7, 11) is 0. The molecule has 10 nitrogen and oxygen atoms in total. The highest BCUT2D eigenvalue weighted by molar-refractivity contribution is 5.99. The number of carbonyl (C=O) groups is 3. The van der Waals surface area contributed by atoms with E-state index in [1.807, 2.05) is 48.5 Å². The summed E-state index contributed by atoms with van der Waals surface area (Å²) < 4.78 is 10.1. The lowest BCUT2D eigenvalue weighted by atomic mass is 9.98. The van der Waals surface area contributed by atoms with Gasteiger partial charge in [0.25, 0.3) is 5.91 Å². The molecule has 178 valence electrons. The van der Waals surface area contributed by atoms with Gasteiger partial charge in [-0.3, -0.25) is 14.9 Å². The Kier molecular flexibility index (Phi) is 4.84.